The summed E-state index contributed by atoms with van der Waals surface area (Å²) < 4.78 is 14.4. The molecule has 0 N–H and O–H groups in total. The van der Waals surface area contributed by atoms with Gasteiger partial charge < -0.3 is 9.47 Å². The van der Waals surface area contributed by atoms with Gasteiger partial charge in [0.25, 0.3) is 5.56 Å². The average molecular weight is 604 g/mol. The molecule has 0 bridgehead atoms. The summed E-state index contributed by atoms with van der Waals surface area (Å²) in [6.07, 6.45) is 1.85. The van der Waals surface area contributed by atoms with Crippen molar-refractivity contribution in [2.75, 3.05) is 6.61 Å². The Kier molecular flexibility index (Phi) is 7.95. The van der Waals surface area contributed by atoms with Crippen LogP contribution in [0.25, 0.3) is 6.08 Å². The largest absolute Gasteiger partial charge is 0.489 e. The second kappa shape index (κ2) is 11.6. The van der Waals surface area contributed by atoms with Crippen LogP contribution in [0.3, 0.4) is 0 Å². The summed E-state index contributed by atoms with van der Waals surface area (Å²) in [6, 6.07) is 22.8. The highest BCUT2D eigenvalue weighted by Crippen LogP contribution is 2.30. The molecule has 2 heterocycles. The number of benzene rings is 3. The minimum atomic E-state index is -0.613. The molecule has 198 valence electrons. The molecule has 4 aromatic rings. The van der Waals surface area contributed by atoms with Crippen LogP contribution in [-0.4, -0.2) is 17.1 Å². The molecule has 39 heavy (non-hydrogen) atoms. The number of hydrogen-bond donors (Lipinski definition) is 0. The molecule has 0 amide bonds. The van der Waals surface area contributed by atoms with Crippen LogP contribution in [0.5, 0.6) is 5.75 Å². The quantitative estimate of drug-likeness (QED) is 0.264. The Labute approximate surface area is 238 Å². The Morgan fingerprint density at radius 2 is 1.72 bits per heavy atom. The molecule has 1 atom stereocenters. The van der Waals surface area contributed by atoms with Gasteiger partial charge >= 0.3 is 5.97 Å². The van der Waals surface area contributed by atoms with E-state index in [4.69, 9.17) is 9.47 Å². The second-order valence-electron chi connectivity index (χ2n) is 9.20. The number of aromatic nitrogens is 1. The lowest BCUT2D eigenvalue weighted by Crippen LogP contribution is -2.39. The lowest BCUT2D eigenvalue weighted by Gasteiger charge is -2.24. The summed E-state index contributed by atoms with van der Waals surface area (Å²) in [6.45, 7) is 6.26. The summed E-state index contributed by atoms with van der Waals surface area (Å²) in [5.74, 6) is 0.280. The van der Waals surface area contributed by atoms with Gasteiger partial charge in [0.1, 0.15) is 12.4 Å². The van der Waals surface area contributed by atoms with Crippen LogP contribution in [0.1, 0.15) is 42.1 Å². The molecule has 8 heteroatoms. The van der Waals surface area contributed by atoms with Crippen LogP contribution in [0.4, 0.5) is 0 Å². The number of aryl methyl sites for hydroxylation is 1. The van der Waals surface area contributed by atoms with Gasteiger partial charge in [-0.1, -0.05) is 81.4 Å². The highest BCUT2D eigenvalue weighted by Gasteiger charge is 2.33. The molecular formula is C31H27BrN2O4S. The maximum absolute atomic E-state index is 13.7. The van der Waals surface area contributed by atoms with Gasteiger partial charge in [0.2, 0.25) is 0 Å². The van der Waals surface area contributed by atoms with E-state index in [1.54, 1.807) is 18.4 Å². The second-order valence-corrected chi connectivity index (χ2v) is 11.1. The fourth-order valence-electron chi connectivity index (χ4n) is 4.41. The molecule has 1 aliphatic rings. The van der Waals surface area contributed by atoms with Crippen molar-refractivity contribution >= 4 is 39.3 Å². The zero-order valence-electron chi connectivity index (χ0n) is 21.8. The lowest BCUT2D eigenvalue weighted by molar-refractivity contribution is -0.139. The molecule has 0 radical (unpaired) electrons. The number of fused-ring (bicyclic) bond motifs is 1. The highest BCUT2D eigenvalue weighted by atomic mass is 79.9. The minimum Gasteiger partial charge on any atom is -0.489 e. The molecular weight excluding hydrogens is 576 g/mol. The van der Waals surface area contributed by atoms with Crippen LogP contribution in [0.2, 0.25) is 0 Å². The van der Waals surface area contributed by atoms with E-state index in [1.165, 1.54) is 11.3 Å². The van der Waals surface area contributed by atoms with E-state index in [1.807, 2.05) is 85.8 Å². The minimum absolute atomic E-state index is 0.200. The Bertz CT molecular complexity index is 1720. The molecule has 0 spiro atoms. The maximum atomic E-state index is 13.7. The molecule has 5 rings (SSSR count). The number of esters is 1. The first-order valence-electron chi connectivity index (χ1n) is 12.6. The van der Waals surface area contributed by atoms with Crippen molar-refractivity contribution in [3.8, 4) is 5.75 Å². The predicted octanol–water partition coefficient (Wildman–Crippen LogP) is 5.45. The maximum Gasteiger partial charge on any atom is 0.338 e. The van der Waals surface area contributed by atoms with Crippen molar-refractivity contribution in [1.82, 2.24) is 4.57 Å². The fraction of sp³-hybridized carbons (Fsp3) is 0.194. The van der Waals surface area contributed by atoms with Crippen LogP contribution >= 0.6 is 27.3 Å². The third-order valence-corrected chi connectivity index (χ3v) is 7.92. The zero-order chi connectivity index (χ0) is 27.5. The van der Waals surface area contributed by atoms with E-state index >= 15 is 0 Å². The Morgan fingerprint density at radius 3 is 2.38 bits per heavy atom. The summed E-state index contributed by atoms with van der Waals surface area (Å²) in [7, 11) is 0. The van der Waals surface area contributed by atoms with E-state index in [9.17, 15) is 9.59 Å². The summed E-state index contributed by atoms with van der Waals surface area (Å²) in [4.78, 5) is 31.9. The molecule has 3 aromatic carbocycles. The van der Waals surface area contributed by atoms with Crippen LogP contribution < -0.4 is 19.6 Å². The molecule has 1 aliphatic heterocycles. The van der Waals surface area contributed by atoms with E-state index in [0.29, 0.717) is 27.2 Å². The number of rotatable bonds is 7. The third-order valence-electron chi connectivity index (χ3n) is 6.41. The molecule has 1 aromatic heterocycles. The van der Waals surface area contributed by atoms with E-state index in [-0.39, 0.29) is 12.2 Å². The van der Waals surface area contributed by atoms with Gasteiger partial charge in [0.05, 0.1) is 28.5 Å². The standard InChI is InChI=1S/C31H27BrN2O4S/c1-4-37-30(36)27-20(3)33-31-34(28(27)23-11-5-19(2)6-12-23)29(35)26(39-31)17-21-9-15-25(16-10-21)38-18-22-7-13-24(32)14-8-22/h5-17,28H,4,18H2,1-3H3/b26-17+/t28-/m0/s1. The Morgan fingerprint density at radius 1 is 1.03 bits per heavy atom. The molecule has 6 nitrogen and oxygen atoms in total. The normalized spacial score (nSPS) is 15.1. The highest BCUT2D eigenvalue weighted by molar-refractivity contribution is 9.10. The first kappa shape index (κ1) is 26.8. The van der Waals surface area contributed by atoms with Crippen LogP contribution in [0.15, 0.2) is 98.3 Å². The summed E-state index contributed by atoms with van der Waals surface area (Å²) in [5.41, 5.74) is 4.60. The van der Waals surface area contributed by atoms with E-state index in [0.717, 1.165) is 32.5 Å². The van der Waals surface area contributed by atoms with Crippen molar-refractivity contribution in [3.05, 3.63) is 130 Å². The average Bonchev–Trinajstić information content (AvgIpc) is 3.23. The molecule has 0 unspecified atom stereocenters. The van der Waals surface area contributed by atoms with Gasteiger partial charge in [0, 0.05) is 4.47 Å². The first-order valence-corrected chi connectivity index (χ1v) is 14.2. The van der Waals surface area contributed by atoms with E-state index in [2.05, 4.69) is 20.9 Å². The van der Waals surface area contributed by atoms with Gasteiger partial charge in [-0.05, 0) is 67.8 Å². The number of carbonyl (C=O) groups excluding carboxylic acids is 1. The summed E-state index contributed by atoms with van der Waals surface area (Å²) >= 11 is 4.75. The van der Waals surface area contributed by atoms with Crippen molar-refractivity contribution in [2.45, 2.75) is 33.4 Å². The molecule has 0 saturated carbocycles. The van der Waals surface area contributed by atoms with Gasteiger partial charge in [-0.15, -0.1) is 0 Å². The summed E-state index contributed by atoms with van der Waals surface area (Å²) in [5, 5.41) is 0. The number of nitrogens with zero attached hydrogens (tertiary/aromatic N) is 2. The number of ether oxygens (including phenoxy) is 2. The van der Waals surface area contributed by atoms with Crippen LogP contribution in [0, 0.1) is 6.92 Å². The van der Waals surface area contributed by atoms with Gasteiger partial charge in [-0.3, -0.25) is 9.36 Å². The van der Waals surface area contributed by atoms with E-state index < -0.39 is 12.0 Å². The number of carbonyl (C=O) groups is 1. The Balaban J connectivity index is 1.48. The fourth-order valence-corrected chi connectivity index (χ4v) is 5.73. The number of halogens is 1. The Hall–Kier alpha value is -3.75. The molecule has 0 aliphatic carbocycles. The van der Waals surface area contributed by atoms with Gasteiger partial charge in [0.15, 0.2) is 4.80 Å². The van der Waals surface area contributed by atoms with Crippen molar-refractivity contribution in [3.63, 3.8) is 0 Å². The smallest absolute Gasteiger partial charge is 0.338 e. The third kappa shape index (κ3) is 5.82. The first-order chi connectivity index (χ1) is 18.8. The zero-order valence-corrected chi connectivity index (χ0v) is 24.2. The number of allylic oxidation sites excluding steroid dienone is 1. The number of hydrogen-bond acceptors (Lipinski definition) is 6. The molecule has 0 fully saturated rings. The predicted molar refractivity (Wildman–Crippen MR) is 156 cm³/mol. The lowest BCUT2D eigenvalue weighted by atomic mass is 9.95. The molecule has 0 saturated heterocycles. The van der Waals surface area contributed by atoms with Crippen molar-refractivity contribution in [2.24, 2.45) is 4.99 Å². The SMILES string of the molecule is CCOC(=O)C1=C(C)N=c2s/c(=C/c3ccc(OCc4ccc(Br)cc4)cc3)c(=O)n2[C@H]1c1ccc(C)cc1. The number of thiazole rings is 1. The van der Waals surface area contributed by atoms with Crippen molar-refractivity contribution < 1.29 is 14.3 Å². The van der Waals surface area contributed by atoms with Gasteiger partial charge in [-0.25, -0.2) is 9.79 Å². The monoisotopic (exact) mass is 602 g/mol. The van der Waals surface area contributed by atoms with Crippen molar-refractivity contribution in [1.29, 1.82) is 0 Å². The topological polar surface area (TPSA) is 69.9 Å². The van der Waals surface area contributed by atoms with Gasteiger partial charge in [-0.2, -0.15) is 0 Å². The van der Waals surface area contributed by atoms with Crippen LogP contribution in [-0.2, 0) is 16.1 Å².